The van der Waals surface area contributed by atoms with E-state index < -0.39 is 0 Å². The molecule has 3 atom stereocenters. The molecule has 74 valence electrons. The minimum absolute atomic E-state index is 0.113. The SMILES string of the molecule is CC1(C)[C@@H]2CC[C@@]1(C)[C@@H](C(=O)Cl)C2. The molecule has 2 heteroatoms. The highest BCUT2D eigenvalue weighted by molar-refractivity contribution is 6.64. The van der Waals surface area contributed by atoms with Gasteiger partial charge in [0.25, 0.3) is 0 Å². The maximum absolute atomic E-state index is 11.3. The zero-order valence-electron chi connectivity index (χ0n) is 8.56. The highest BCUT2D eigenvalue weighted by Crippen LogP contribution is 2.68. The van der Waals surface area contributed by atoms with Gasteiger partial charge in [0.05, 0.1) is 0 Å². The summed E-state index contributed by atoms with van der Waals surface area (Å²) in [5, 5.41) is -0.113. The lowest BCUT2D eigenvalue weighted by Crippen LogP contribution is -2.34. The van der Waals surface area contributed by atoms with Gasteiger partial charge in [-0.25, -0.2) is 0 Å². The first-order valence-electron chi connectivity index (χ1n) is 5.09. The van der Waals surface area contributed by atoms with Crippen LogP contribution in [-0.4, -0.2) is 5.24 Å². The molecule has 0 unspecified atom stereocenters. The minimum Gasteiger partial charge on any atom is -0.281 e. The fraction of sp³-hybridized carbons (Fsp3) is 0.909. The first-order valence-corrected chi connectivity index (χ1v) is 5.47. The smallest absolute Gasteiger partial charge is 0.225 e. The summed E-state index contributed by atoms with van der Waals surface area (Å²) in [5.41, 5.74) is 0.471. The molecule has 13 heavy (non-hydrogen) atoms. The van der Waals surface area contributed by atoms with E-state index in [-0.39, 0.29) is 16.6 Å². The maximum atomic E-state index is 11.3. The fourth-order valence-electron chi connectivity index (χ4n) is 3.55. The molecule has 0 aromatic rings. The van der Waals surface area contributed by atoms with E-state index in [1.165, 1.54) is 12.8 Å². The Kier molecular flexibility index (Phi) is 1.83. The van der Waals surface area contributed by atoms with Crippen molar-refractivity contribution in [1.82, 2.24) is 0 Å². The van der Waals surface area contributed by atoms with Crippen LogP contribution in [0.25, 0.3) is 0 Å². The molecule has 0 saturated heterocycles. The molecule has 0 spiro atoms. The Hall–Kier alpha value is -0.0400. The molecule has 1 nitrogen and oxygen atoms in total. The summed E-state index contributed by atoms with van der Waals surface area (Å²) in [5.74, 6) is 0.827. The van der Waals surface area contributed by atoms with Crippen LogP contribution in [0.15, 0.2) is 0 Å². The van der Waals surface area contributed by atoms with Crippen LogP contribution in [0.4, 0.5) is 0 Å². The van der Waals surface area contributed by atoms with E-state index >= 15 is 0 Å². The van der Waals surface area contributed by atoms with Crippen LogP contribution in [-0.2, 0) is 4.79 Å². The zero-order valence-corrected chi connectivity index (χ0v) is 9.32. The van der Waals surface area contributed by atoms with Gasteiger partial charge >= 0.3 is 0 Å². The Morgan fingerprint density at radius 1 is 1.38 bits per heavy atom. The zero-order chi connectivity index (χ0) is 9.85. The molecular formula is C11H17ClO. The summed E-state index contributed by atoms with van der Waals surface area (Å²) >= 11 is 5.66. The van der Waals surface area contributed by atoms with Crippen molar-refractivity contribution < 1.29 is 4.79 Å². The molecule has 2 rings (SSSR count). The summed E-state index contributed by atoms with van der Waals surface area (Å²) < 4.78 is 0. The van der Waals surface area contributed by atoms with Crippen molar-refractivity contribution in [2.45, 2.75) is 40.0 Å². The van der Waals surface area contributed by atoms with Crippen molar-refractivity contribution >= 4 is 16.8 Å². The number of hydrogen-bond donors (Lipinski definition) is 0. The highest BCUT2D eigenvalue weighted by Gasteiger charge is 2.62. The average Bonchev–Trinajstić information content (AvgIpc) is 2.34. The quantitative estimate of drug-likeness (QED) is 0.594. The lowest BCUT2D eigenvalue weighted by molar-refractivity contribution is -0.119. The van der Waals surface area contributed by atoms with Crippen LogP contribution in [0.3, 0.4) is 0 Å². The van der Waals surface area contributed by atoms with Crippen LogP contribution in [0.1, 0.15) is 40.0 Å². The molecule has 0 heterocycles. The second-order valence-corrected chi connectivity index (χ2v) is 5.84. The van der Waals surface area contributed by atoms with Crippen LogP contribution >= 0.6 is 11.6 Å². The van der Waals surface area contributed by atoms with Crippen LogP contribution in [0, 0.1) is 22.7 Å². The van der Waals surface area contributed by atoms with Crippen molar-refractivity contribution in [3.8, 4) is 0 Å². The first kappa shape index (κ1) is 9.51. The van der Waals surface area contributed by atoms with E-state index in [1.54, 1.807) is 0 Å². The van der Waals surface area contributed by atoms with Crippen molar-refractivity contribution in [3.63, 3.8) is 0 Å². The van der Waals surface area contributed by atoms with Gasteiger partial charge in [-0.2, -0.15) is 0 Å². The third-order valence-electron chi connectivity index (χ3n) is 5.07. The Morgan fingerprint density at radius 2 is 2.00 bits per heavy atom. The standard InChI is InChI=1S/C11H17ClO/c1-10(2)7-4-5-11(10,3)8(6-7)9(12)13/h7-8H,4-6H2,1-3H3/t7-,8-,11+/m1/s1. The molecule has 2 bridgehead atoms. The Bertz CT molecular complexity index is 259. The van der Waals surface area contributed by atoms with Gasteiger partial charge in [0.15, 0.2) is 0 Å². The van der Waals surface area contributed by atoms with Crippen molar-refractivity contribution in [2.75, 3.05) is 0 Å². The molecular weight excluding hydrogens is 184 g/mol. The van der Waals surface area contributed by atoms with E-state index in [1.807, 2.05) is 0 Å². The van der Waals surface area contributed by atoms with E-state index in [4.69, 9.17) is 11.6 Å². The lowest BCUT2D eigenvalue weighted by atomic mass is 9.67. The Labute approximate surface area is 84.8 Å². The van der Waals surface area contributed by atoms with E-state index in [0.29, 0.717) is 11.3 Å². The van der Waals surface area contributed by atoms with E-state index in [0.717, 1.165) is 6.42 Å². The summed E-state index contributed by atoms with van der Waals surface area (Å²) in [6, 6.07) is 0. The van der Waals surface area contributed by atoms with Gasteiger partial charge in [0, 0.05) is 5.92 Å². The number of carbonyl (C=O) groups is 1. The Balaban J connectivity index is 2.38. The van der Waals surface area contributed by atoms with Gasteiger partial charge in [-0.3, -0.25) is 4.79 Å². The molecule has 0 aliphatic heterocycles. The largest absolute Gasteiger partial charge is 0.281 e. The van der Waals surface area contributed by atoms with Gasteiger partial charge in [0.2, 0.25) is 5.24 Å². The number of fused-ring (bicyclic) bond motifs is 2. The summed E-state index contributed by atoms with van der Waals surface area (Å²) in [6.45, 7) is 6.83. The van der Waals surface area contributed by atoms with Crippen LogP contribution in [0.5, 0.6) is 0 Å². The van der Waals surface area contributed by atoms with Gasteiger partial charge in [-0.05, 0) is 47.6 Å². The third kappa shape index (κ3) is 0.971. The van der Waals surface area contributed by atoms with Gasteiger partial charge in [-0.1, -0.05) is 20.8 Å². The number of carbonyl (C=O) groups excluding carboxylic acids is 1. The third-order valence-corrected chi connectivity index (χ3v) is 5.33. The van der Waals surface area contributed by atoms with Gasteiger partial charge in [-0.15, -0.1) is 0 Å². The number of rotatable bonds is 1. The topological polar surface area (TPSA) is 17.1 Å². The molecule has 2 fully saturated rings. The van der Waals surface area contributed by atoms with Gasteiger partial charge in [0.1, 0.15) is 0 Å². The second-order valence-electron chi connectivity index (χ2n) is 5.47. The normalized spacial score (nSPS) is 46.8. The molecule has 2 aliphatic rings. The minimum atomic E-state index is -0.113. The van der Waals surface area contributed by atoms with E-state index in [9.17, 15) is 4.79 Å². The lowest BCUT2D eigenvalue weighted by Gasteiger charge is -2.37. The Morgan fingerprint density at radius 3 is 2.23 bits per heavy atom. The summed E-state index contributed by atoms with van der Waals surface area (Å²) in [6.07, 6.45) is 3.48. The molecule has 0 radical (unpaired) electrons. The summed E-state index contributed by atoms with van der Waals surface area (Å²) in [4.78, 5) is 11.3. The van der Waals surface area contributed by atoms with Crippen molar-refractivity contribution in [3.05, 3.63) is 0 Å². The molecule has 0 amide bonds. The molecule has 2 aliphatic carbocycles. The second kappa shape index (κ2) is 2.50. The van der Waals surface area contributed by atoms with Crippen molar-refractivity contribution in [1.29, 1.82) is 0 Å². The molecule has 0 aromatic carbocycles. The molecule has 0 aromatic heterocycles. The number of halogens is 1. The average molecular weight is 201 g/mol. The summed E-state index contributed by atoms with van der Waals surface area (Å²) in [7, 11) is 0. The van der Waals surface area contributed by atoms with Gasteiger partial charge < -0.3 is 0 Å². The van der Waals surface area contributed by atoms with Crippen molar-refractivity contribution in [2.24, 2.45) is 22.7 Å². The van der Waals surface area contributed by atoms with Crippen LogP contribution < -0.4 is 0 Å². The monoisotopic (exact) mass is 200 g/mol. The van der Waals surface area contributed by atoms with E-state index in [2.05, 4.69) is 20.8 Å². The predicted octanol–water partition coefficient (Wildman–Crippen LogP) is 3.21. The maximum Gasteiger partial charge on any atom is 0.225 e. The highest BCUT2D eigenvalue weighted by atomic mass is 35.5. The predicted molar refractivity (Wildman–Crippen MR) is 53.6 cm³/mol. The van der Waals surface area contributed by atoms with Crippen LogP contribution in [0.2, 0.25) is 0 Å². The number of hydrogen-bond acceptors (Lipinski definition) is 1. The molecule has 0 N–H and O–H groups in total. The molecule has 2 saturated carbocycles. The fourth-order valence-corrected chi connectivity index (χ4v) is 3.88. The first-order chi connectivity index (χ1) is 5.89.